The van der Waals surface area contributed by atoms with Gasteiger partial charge in [0.25, 0.3) is 0 Å². The monoisotopic (exact) mass is 363 g/mol. The molecule has 0 radical (unpaired) electrons. The average Bonchev–Trinajstić information content (AvgIpc) is 3.15. The molecule has 1 saturated heterocycles. The first-order valence-corrected chi connectivity index (χ1v) is 9.59. The second-order valence-corrected chi connectivity index (χ2v) is 8.23. The number of nitriles is 1. The minimum atomic E-state index is -0.0558. The molecule has 0 bridgehead atoms. The quantitative estimate of drug-likeness (QED) is 0.809. The van der Waals surface area contributed by atoms with Gasteiger partial charge in [0.05, 0.1) is 0 Å². The van der Waals surface area contributed by atoms with Crippen molar-refractivity contribution in [3.8, 4) is 6.07 Å². The van der Waals surface area contributed by atoms with Gasteiger partial charge in [-0.25, -0.2) is 19.9 Å². The van der Waals surface area contributed by atoms with Crippen LogP contribution in [-0.2, 0) is 18.3 Å². The van der Waals surface area contributed by atoms with Crippen LogP contribution in [-0.4, -0.2) is 46.1 Å². The van der Waals surface area contributed by atoms with E-state index in [0.717, 1.165) is 50.7 Å². The fraction of sp³-hybridized carbons (Fsp3) is 0.550. The number of aromatic nitrogens is 4. The van der Waals surface area contributed by atoms with Crippen LogP contribution >= 0.6 is 0 Å². The Hall–Kier alpha value is -2.75. The third-order valence-electron chi connectivity index (χ3n) is 5.20. The molecule has 140 valence electrons. The molecule has 2 aliphatic rings. The molecule has 27 heavy (non-hydrogen) atoms. The van der Waals surface area contributed by atoms with Gasteiger partial charge in [-0.2, -0.15) is 5.26 Å². The van der Waals surface area contributed by atoms with Crippen molar-refractivity contribution < 1.29 is 0 Å². The normalized spacial score (nSPS) is 17.0. The fourth-order valence-corrected chi connectivity index (χ4v) is 3.69. The van der Waals surface area contributed by atoms with E-state index in [-0.39, 0.29) is 5.41 Å². The summed E-state index contributed by atoms with van der Waals surface area (Å²) in [4.78, 5) is 23.0. The van der Waals surface area contributed by atoms with Gasteiger partial charge < -0.3 is 9.80 Å². The molecule has 0 N–H and O–H groups in total. The van der Waals surface area contributed by atoms with Gasteiger partial charge >= 0.3 is 0 Å². The van der Waals surface area contributed by atoms with E-state index in [2.05, 4.69) is 46.6 Å². The lowest BCUT2D eigenvalue weighted by atomic mass is 9.95. The zero-order valence-electron chi connectivity index (χ0n) is 16.2. The third kappa shape index (κ3) is 3.44. The van der Waals surface area contributed by atoms with Crippen molar-refractivity contribution >= 4 is 11.8 Å². The number of aryl methyl sites for hydroxylation is 1. The molecule has 4 rings (SSSR count). The van der Waals surface area contributed by atoms with Gasteiger partial charge in [-0.3, -0.25) is 0 Å². The second kappa shape index (κ2) is 6.76. The molecular weight excluding hydrogens is 338 g/mol. The van der Waals surface area contributed by atoms with E-state index in [1.807, 2.05) is 0 Å². The zero-order chi connectivity index (χ0) is 19.0. The number of fused-ring (bicyclic) bond motifs is 1. The number of piperazine rings is 1. The SMILES string of the molecule is CC(C)(C)c1nc2c(c(N3CCN(c4nccc(C#N)n4)CC3)n1)CCC2. The van der Waals surface area contributed by atoms with Crippen LogP contribution in [0.15, 0.2) is 12.3 Å². The summed E-state index contributed by atoms with van der Waals surface area (Å²) in [6.07, 6.45) is 4.95. The van der Waals surface area contributed by atoms with Crippen LogP contribution in [0.25, 0.3) is 0 Å². The Balaban J connectivity index is 1.56. The van der Waals surface area contributed by atoms with E-state index >= 15 is 0 Å². The minimum Gasteiger partial charge on any atom is -0.353 e. The predicted molar refractivity (Wildman–Crippen MR) is 104 cm³/mol. The van der Waals surface area contributed by atoms with E-state index in [1.54, 1.807) is 12.3 Å². The van der Waals surface area contributed by atoms with E-state index < -0.39 is 0 Å². The molecule has 0 amide bonds. The summed E-state index contributed by atoms with van der Waals surface area (Å²) in [5, 5.41) is 9.05. The van der Waals surface area contributed by atoms with Crippen LogP contribution < -0.4 is 9.80 Å². The maximum Gasteiger partial charge on any atom is 0.226 e. The number of hydrogen-bond acceptors (Lipinski definition) is 7. The first kappa shape index (κ1) is 17.7. The highest BCUT2D eigenvalue weighted by Crippen LogP contribution is 2.32. The van der Waals surface area contributed by atoms with Crippen molar-refractivity contribution in [3.05, 3.63) is 35.0 Å². The van der Waals surface area contributed by atoms with Crippen molar-refractivity contribution in [1.82, 2.24) is 19.9 Å². The molecule has 1 aliphatic carbocycles. The molecule has 7 nitrogen and oxygen atoms in total. The number of rotatable bonds is 2. The molecule has 0 atom stereocenters. The smallest absolute Gasteiger partial charge is 0.226 e. The lowest BCUT2D eigenvalue weighted by molar-refractivity contribution is 0.538. The lowest BCUT2D eigenvalue weighted by Crippen LogP contribution is -2.48. The average molecular weight is 363 g/mol. The Morgan fingerprint density at radius 1 is 1.00 bits per heavy atom. The van der Waals surface area contributed by atoms with Gasteiger partial charge in [0, 0.05) is 49.0 Å². The van der Waals surface area contributed by atoms with Crippen LogP contribution in [0.3, 0.4) is 0 Å². The molecular formula is C20H25N7. The van der Waals surface area contributed by atoms with Gasteiger partial charge in [0.1, 0.15) is 23.4 Å². The van der Waals surface area contributed by atoms with Gasteiger partial charge in [0.2, 0.25) is 5.95 Å². The Morgan fingerprint density at radius 2 is 1.74 bits per heavy atom. The van der Waals surface area contributed by atoms with Crippen molar-refractivity contribution in [3.63, 3.8) is 0 Å². The van der Waals surface area contributed by atoms with Gasteiger partial charge in [-0.1, -0.05) is 20.8 Å². The van der Waals surface area contributed by atoms with Gasteiger partial charge in [-0.05, 0) is 25.3 Å². The van der Waals surface area contributed by atoms with Crippen LogP contribution in [0, 0.1) is 11.3 Å². The third-order valence-corrected chi connectivity index (χ3v) is 5.20. The second-order valence-electron chi connectivity index (χ2n) is 8.23. The van der Waals surface area contributed by atoms with E-state index in [9.17, 15) is 0 Å². The molecule has 0 spiro atoms. The van der Waals surface area contributed by atoms with Gasteiger partial charge in [0.15, 0.2) is 0 Å². The summed E-state index contributed by atoms with van der Waals surface area (Å²) in [5.41, 5.74) is 2.92. The summed E-state index contributed by atoms with van der Waals surface area (Å²) in [6, 6.07) is 3.72. The standard InChI is InChI=1S/C20H25N7/c1-20(2,3)18-24-16-6-4-5-15(16)17(25-18)26-9-11-27(12-10-26)19-22-8-7-14(13-21)23-19/h7-8H,4-6,9-12H2,1-3H3. The van der Waals surface area contributed by atoms with E-state index in [4.69, 9.17) is 15.2 Å². The molecule has 1 fully saturated rings. The minimum absolute atomic E-state index is 0.0558. The Morgan fingerprint density at radius 3 is 2.44 bits per heavy atom. The molecule has 2 aromatic heterocycles. The molecule has 0 aromatic carbocycles. The largest absolute Gasteiger partial charge is 0.353 e. The Bertz CT molecular complexity index is 886. The highest BCUT2D eigenvalue weighted by Gasteiger charge is 2.29. The van der Waals surface area contributed by atoms with Crippen molar-refractivity contribution in [2.24, 2.45) is 0 Å². The van der Waals surface area contributed by atoms with Crippen LogP contribution in [0.1, 0.15) is 50.0 Å². The summed E-state index contributed by atoms with van der Waals surface area (Å²) >= 11 is 0. The molecule has 2 aromatic rings. The van der Waals surface area contributed by atoms with Crippen LogP contribution in [0.4, 0.5) is 11.8 Å². The highest BCUT2D eigenvalue weighted by atomic mass is 15.3. The van der Waals surface area contributed by atoms with E-state index in [1.165, 1.54) is 17.7 Å². The summed E-state index contributed by atoms with van der Waals surface area (Å²) in [7, 11) is 0. The van der Waals surface area contributed by atoms with Crippen LogP contribution in [0.5, 0.6) is 0 Å². The van der Waals surface area contributed by atoms with Crippen molar-refractivity contribution in [2.45, 2.75) is 45.4 Å². The summed E-state index contributed by atoms with van der Waals surface area (Å²) in [6.45, 7) is 9.89. The molecule has 1 aliphatic heterocycles. The van der Waals surface area contributed by atoms with Crippen molar-refractivity contribution in [2.75, 3.05) is 36.0 Å². The summed E-state index contributed by atoms with van der Waals surface area (Å²) < 4.78 is 0. The molecule has 0 unspecified atom stereocenters. The summed E-state index contributed by atoms with van der Waals surface area (Å²) in [5.74, 6) is 2.69. The lowest BCUT2D eigenvalue weighted by Gasteiger charge is -2.36. The number of nitrogens with zero attached hydrogens (tertiary/aromatic N) is 7. The molecule has 0 saturated carbocycles. The zero-order valence-corrected chi connectivity index (χ0v) is 16.2. The first-order valence-electron chi connectivity index (χ1n) is 9.59. The van der Waals surface area contributed by atoms with Gasteiger partial charge in [-0.15, -0.1) is 0 Å². The first-order chi connectivity index (χ1) is 13.0. The maximum absolute atomic E-state index is 9.05. The maximum atomic E-state index is 9.05. The fourth-order valence-electron chi connectivity index (χ4n) is 3.69. The molecule has 7 heteroatoms. The number of anilines is 2. The highest BCUT2D eigenvalue weighted by molar-refractivity contribution is 5.53. The Labute approximate surface area is 160 Å². The topological polar surface area (TPSA) is 81.8 Å². The predicted octanol–water partition coefficient (Wildman–Crippen LogP) is 2.25. The Kier molecular flexibility index (Phi) is 4.42. The van der Waals surface area contributed by atoms with E-state index in [0.29, 0.717) is 11.6 Å². The van der Waals surface area contributed by atoms with Crippen LogP contribution in [0.2, 0.25) is 0 Å². The number of hydrogen-bond donors (Lipinski definition) is 0. The van der Waals surface area contributed by atoms with Crippen molar-refractivity contribution in [1.29, 1.82) is 5.26 Å². The molecule has 3 heterocycles.